The lowest BCUT2D eigenvalue weighted by Gasteiger charge is -2.11. The molecule has 1 aromatic heterocycles. The van der Waals surface area contributed by atoms with Gasteiger partial charge in [0.05, 0.1) is 13.2 Å². The first-order valence-corrected chi connectivity index (χ1v) is 7.81. The van der Waals surface area contributed by atoms with Crippen molar-refractivity contribution in [1.82, 2.24) is 10.1 Å². The first-order chi connectivity index (χ1) is 12.2. The Morgan fingerprint density at radius 2 is 1.84 bits per heavy atom. The molecule has 0 radical (unpaired) electrons. The van der Waals surface area contributed by atoms with Gasteiger partial charge < -0.3 is 24.4 Å². The fourth-order valence-corrected chi connectivity index (χ4v) is 2.18. The Labute approximate surface area is 145 Å². The topological polar surface area (TPSA) is 89.6 Å². The Kier molecular flexibility index (Phi) is 5.48. The second-order valence-corrected chi connectivity index (χ2v) is 5.29. The quantitative estimate of drug-likeness (QED) is 0.651. The van der Waals surface area contributed by atoms with Crippen molar-refractivity contribution in [2.45, 2.75) is 12.7 Å². The van der Waals surface area contributed by atoms with Crippen LogP contribution in [0.1, 0.15) is 17.5 Å². The number of nitrogens with one attached hydrogen (secondary N) is 1. The molecule has 0 saturated carbocycles. The first-order valence-electron chi connectivity index (χ1n) is 7.81. The molecule has 3 aromatic rings. The first kappa shape index (κ1) is 16.8. The Balaban J connectivity index is 1.49. The van der Waals surface area contributed by atoms with Crippen molar-refractivity contribution in [3.8, 4) is 11.5 Å². The number of rotatable bonds is 8. The van der Waals surface area contributed by atoms with Crippen LogP contribution in [-0.2, 0) is 6.61 Å². The van der Waals surface area contributed by atoms with Crippen LogP contribution in [0.15, 0.2) is 59.1 Å². The molecule has 0 aliphatic heterocycles. The smallest absolute Gasteiger partial charge is 0.321 e. The summed E-state index contributed by atoms with van der Waals surface area (Å²) in [5, 5.41) is 16.9. The lowest BCUT2D eigenvalue weighted by Crippen LogP contribution is -2.12. The van der Waals surface area contributed by atoms with E-state index in [1.54, 1.807) is 31.4 Å². The van der Waals surface area contributed by atoms with Gasteiger partial charge in [-0.2, -0.15) is 4.98 Å². The Morgan fingerprint density at radius 1 is 1.08 bits per heavy atom. The number of benzene rings is 2. The van der Waals surface area contributed by atoms with E-state index in [0.717, 1.165) is 17.1 Å². The molecule has 0 aliphatic rings. The minimum Gasteiger partial charge on any atom is -0.497 e. The van der Waals surface area contributed by atoms with Crippen LogP contribution in [0.3, 0.4) is 0 Å². The van der Waals surface area contributed by atoms with Gasteiger partial charge in [-0.15, -0.1) is 0 Å². The molecule has 0 aliphatic carbocycles. The van der Waals surface area contributed by atoms with Gasteiger partial charge in [-0.25, -0.2) is 0 Å². The lowest BCUT2D eigenvalue weighted by molar-refractivity contribution is 0.190. The van der Waals surface area contributed by atoms with Gasteiger partial charge >= 0.3 is 6.01 Å². The van der Waals surface area contributed by atoms with E-state index in [0.29, 0.717) is 5.82 Å². The summed E-state index contributed by atoms with van der Waals surface area (Å²) in [6.07, 6.45) is -0.707. The van der Waals surface area contributed by atoms with Crippen LogP contribution in [0.25, 0.3) is 0 Å². The van der Waals surface area contributed by atoms with E-state index in [1.807, 2.05) is 30.3 Å². The zero-order chi connectivity index (χ0) is 17.5. The third-order valence-electron chi connectivity index (χ3n) is 3.53. The average Bonchev–Trinajstić information content (AvgIpc) is 3.13. The number of aliphatic hydroxyl groups excluding tert-OH is 1. The van der Waals surface area contributed by atoms with Crippen molar-refractivity contribution in [3.63, 3.8) is 0 Å². The maximum absolute atomic E-state index is 10.2. The van der Waals surface area contributed by atoms with Crippen molar-refractivity contribution in [2.75, 3.05) is 19.0 Å². The van der Waals surface area contributed by atoms with Crippen LogP contribution in [0.2, 0.25) is 0 Å². The van der Waals surface area contributed by atoms with E-state index < -0.39 is 6.10 Å². The van der Waals surface area contributed by atoms with Crippen molar-refractivity contribution < 1.29 is 19.1 Å². The summed E-state index contributed by atoms with van der Waals surface area (Å²) < 4.78 is 15.7. The zero-order valence-corrected chi connectivity index (χ0v) is 13.8. The van der Waals surface area contributed by atoms with Gasteiger partial charge in [-0.05, 0) is 29.8 Å². The number of anilines is 1. The van der Waals surface area contributed by atoms with Crippen molar-refractivity contribution >= 4 is 6.01 Å². The molecule has 7 heteroatoms. The molecule has 25 heavy (non-hydrogen) atoms. The highest BCUT2D eigenvalue weighted by atomic mass is 16.5. The molecule has 1 heterocycles. The standard InChI is InChI=1S/C18H19N3O4/c1-23-14-9-7-13(8-10-14)16(22)11-19-18-20-17(21-25-18)12-24-15-5-3-2-4-6-15/h2-10,16,22H,11-12H2,1H3,(H,19,20,21)/t16-/m1/s1. The summed E-state index contributed by atoms with van der Waals surface area (Å²) in [6, 6.07) is 16.8. The van der Waals surface area contributed by atoms with Crippen molar-refractivity contribution in [2.24, 2.45) is 0 Å². The van der Waals surface area contributed by atoms with Crippen LogP contribution < -0.4 is 14.8 Å². The zero-order valence-electron chi connectivity index (χ0n) is 13.8. The second-order valence-electron chi connectivity index (χ2n) is 5.29. The van der Waals surface area contributed by atoms with Crippen LogP contribution in [-0.4, -0.2) is 28.9 Å². The maximum Gasteiger partial charge on any atom is 0.321 e. The van der Waals surface area contributed by atoms with Crippen LogP contribution in [0.5, 0.6) is 11.5 Å². The van der Waals surface area contributed by atoms with E-state index in [1.165, 1.54) is 0 Å². The molecule has 0 fully saturated rings. The molecule has 1 atom stereocenters. The van der Waals surface area contributed by atoms with E-state index in [2.05, 4.69) is 15.5 Å². The Bertz CT molecular complexity index is 775. The third-order valence-corrected chi connectivity index (χ3v) is 3.53. The van der Waals surface area contributed by atoms with Crippen LogP contribution in [0.4, 0.5) is 6.01 Å². The number of para-hydroxylation sites is 1. The van der Waals surface area contributed by atoms with Gasteiger partial charge in [0.1, 0.15) is 11.5 Å². The van der Waals surface area contributed by atoms with Gasteiger partial charge in [0.2, 0.25) is 5.82 Å². The number of hydrogen-bond acceptors (Lipinski definition) is 7. The molecule has 130 valence electrons. The van der Waals surface area contributed by atoms with Gasteiger partial charge in [0.15, 0.2) is 6.61 Å². The SMILES string of the molecule is COc1ccc([C@H](O)CNc2nc(COc3ccccc3)no2)cc1. The van der Waals surface area contributed by atoms with Crippen molar-refractivity contribution in [1.29, 1.82) is 0 Å². The van der Waals surface area contributed by atoms with Crippen molar-refractivity contribution in [3.05, 3.63) is 66.0 Å². The summed E-state index contributed by atoms with van der Waals surface area (Å²) in [5.41, 5.74) is 0.764. The molecular weight excluding hydrogens is 322 g/mol. The molecule has 3 rings (SSSR count). The third kappa shape index (κ3) is 4.71. The predicted octanol–water partition coefficient (Wildman–Crippen LogP) is 2.80. The number of hydrogen-bond donors (Lipinski definition) is 2. The van der Waals surface area contributed by atoms with Gasteiger partial charge in [0.25, 0.3) is 0 Å². The summed E-state index contributed by atoms with van der Waals surface area (Å²) in [5.74, 6) is 1.89. The fourth-order valence-electron chi connectivity index (χ4n) is 2.18. The molecule has 0 unspecified atom stereocenters. The molecule has 2 N–H and O–H groups in total. The molecule has 7 nitrogen and oxygen atoms in total. The summed E-state index contributed by atoms with van der Waals surface area (Å²) >= 11 is 0. The Morgan fingerprint density at radius 3 is 2.56 bits per heavy atom. The summed E-state index contributed by atoms with van der Waals surface area (Å²) in [7, 11) is 1.60. The highest BCUT2D eigenvalue weighted by molar-refractivity contribution is 5.30. The van der Waals surface area contributed by atoms with E-state index >= 15 is 0 Å². The average molecular weight is 341 g/mol. The molecule has 0 spiro atoms. The maximum atomic E-state index is 10.2. The fraction of sp³-hybridized carbons (Fsp3) is 0.222. The number of methoxy groups -OCH3 is 1. The van der Waals surface area contributed by atoms with Gasteiger partial charge in [0, 0.05) is 6.54 Å². The number of ether oxygens (including phenoxy) is 2. The normalized spacial score (nSPS) is 11.8. The molecule has 0 amide bonds. The molecule has 2 aromatic carbocycles. The number of aliphatic hydroxyl groups is 1. The second kappa shape index (κ2) is 8.16. The lowest BCUT2D eigenvalue weighted by atomic mass is 10.1. The van der Waals surface area contributed by atoms with Gasteiger partial charge in [-0.1, -0.05) is 35.5 Å². The molecule has 0 bridgehead atoms. The molecule has 0 saturated heterocycles. The minimum atomic E-state index is -0.707. The largest absolute Gasteiger partial charge is 0.497 e. The number of aromatic nitrogens is 2. The number of nitrogens with zero attached hydrogens (tertiary/aromatic N) is 2. The van der Waals surface area contributed by atoms with E-state index in [9.17, 15) is 5.11 Å². The monoisotopic (exact) mass is 341 g/mol. The van der Waals surface area contributed by atoms with E-state index in [-0.39, 0.29) is 19.2 Å². The summed E-state index contributed by atoms with van der Waals surface area (Å²) in [4.78, 5) is 4.17. The van der Waals surface area contributed by atoms with Crippen LogP contribution in [0, 0.1) is 0 Å². The molecular formula is C18H19N3O4. The highest BCUT2D eigenvalue weighted by Gasteiger charge is 2.11. The minimum absolute atomic E-state index is 0.205. The van der Waals surface area contributed by atoms with E-state index in [4.69, 9.17) is 14.0 Å². The predicted molar refractivity (Wildman–Crippen MR) is 91.5 cm³/mol. The summed E-state index contributed by atoms with van der Waals surface area (Å²) in [6.45, 7) is 0.448. The Hall–Kier alpha value is -3.06. The van der Waals surface area contributed by atoms with Gasteiger partial charge in [-0.3, -0.25) is 0 Å². The highest BCUT2D eigenvalue weighted by Crippen LogP contribution is 2.18. The van der Waals surface area contributed by atoms with Crippen LogP contribution >= 0.6 is 0 Å².